The molecule has 0 N–H and O–H groups in total. The number of halogens is 2. The Morgan fingerprint density at radius 2 is 2.14 bits per heavy atom. The van der Waals surface area contributed by atoms with Crippen LogP contribution in [0.3, 0.4) is 0 Å². The van der Waals surface area contributed by atoms with Crippen molar-refractivity contribution in [2.75, 3.05) is 0 Å². The molecule has 0 spiro atoms. The van der Waals surface area contributed by atoms with Crippen molar-refractivity contribution >= 4 is 15.9 Å². The Balaban J connectivity index is 2.44. The van der Waals surface area contributed by atoms with E-state index < -0.39 is 0 Å². The molecule has 1 aromatic rings. The van der Waals surface area contributed by atoms with Gasteiger partial charge in [0.05, 0.1) is 10.2 Å². The highest BCUT2D eigenvalue weighted by Crippen LogP contribution is 2.43. The van der Waals surface area contributed by atoms with Crippen molar-refractivity contribution in [1.29, 1.82) is 0 Å². The van der Waals surface area contributed by atoms with Gasteiger partial charge in [0.15, 0.2) is 0 Å². The first-order chi connectivity index (χ1) is 6.61. The van der Waals surface area contributed by atoms with Gasteiger partial charge in [-0.15, -0.1) is 0 Å². The highest BCUT2D eigenvalue weighted by molar-refractivity contribution is 9.10. The van der Waals surface area contributed by atoms with E-state index >= 15 is 0 Å². The summed E-state index contributed by atoms with van der Waals surface area (Å²) < 4.78 is 14.4. The number of rotatable bonds is 2. The minimum atomic E-state index is -0.105. The number of aromatic nitrogens is 1. The lowest BCUT2D eigenvalue weighted by atomic mass is 10.1. The molecule has 1 fully saturated rings. The van der Waals surface area contributed by atoms with Gasteiger partial charge < -0.3 is 0 Å². The lowest BCUT2D eigenvalue weighted by Crippen LogP contribution is -2.00. The Kier molecular flexibility index (Phi) is 2.60. The van der Waals surface area contributed by atoms with Crippen LogP contribution in [-0.4, -0.2) is 4.98 Å². The molecule has 0 saturated heterocycles. The van der Waals surface area contributed by atoms with Crippen LogP contribution in [0.15, 0.2) is 10.7 Å². The second-order valence-electron chi connectivity index (χ2n) is 4.16. The summed E-state index contributed by atoms with van der Waals surface area (Å²) in [7, 11) is 0. The Hall–Kier alpha value is -0.440. The second-order valence-corrected chi connectivity index (χ2v) is 4.95. The summed E-state index contributed by atoms with van der Waals surface area (Å²) in [6, 6.07) is 0. The summed E-state index contributed by atoms with van der Waals surface area (Å²) in [6.45, 7) is 4.03. The van der Waals surface area contributed by atoms with Crippen LogP contribution < -0.4 is 0 Å². The maximum absolute atomic E-state index is 13.8. The third-order valence-corrected chi connectivity index (χ3v) is 3.33. The SMILES string of the molecule is CC(C)c1ncc(C2CC2)c(F)c1Br. The van der Waals surface area contributed by atoms with Crippen molar-refractivity contribution in [3.63, 3.8) is 0 Å². The molecule has 1 aromatic heterocycles. The maximum atomic E-state index is 13.8. The van der Waals surface area contributed by atoms with Crippen molar-refractivity contribution in [2.45, 2.75) is 38.5 Å². The van der Waals surface area contributed by atoms with E-state index in [1.165, 1.54) is 0 Å². The zero-order valence-corrected chi connectivity index (χ0v) is 9.94. The Labute approximate surface area is 91.9 Å². The maximum Gasteiger partial charge on any atom is 0.144 e. The monoisotopic (exact) mass is 257 g/mol. The van der Waals surface area contributed by atoms with Gasteiger partial charge in [0.1, 0.15) is 5.82 Å². The molecule has 0 unspecified atom stereocenters. The Bertz CT molecular complexity index is 332. The molecule has 0 aliphatic heterocycles. The van der Waals surface area contributed by atoms with Gasteiger partial charge in [0, 0.05) is 11.8 Å². The van der Waals surface area contributed by atoms with Crippen molar-refractivity contribution in [3.8, 4) is 0 Å². The van der Waals surface area contributed by atoms with Gasteiger partial charge in [-0.25, -0.2) is 4.39 Å². The summed E-state index contributed by atoms with van der Waals surface area (Å²) in [5.74, 6) is 0.568. The first kappa shape index (κ1) is 10.1. The van der Waals surface area contributed by atoms with Crippen LogP contribution in [0, 0.1) is 5.82 Å². The number of hydrogen-bond donors (Lipinski definition) is 0. The van der Waals surface area contributed by atoms with Crippen LogP contribution in [-0.2, 0) is 0 Å². The quantitative estimate of drug-likeness (QED) is 0.781. The topological polar surface area (TPSA) is 12.9 Å². The van der Waals surface area contributed by atoms with E-state index in [2.05, 4.69) is 20.9 Å². The molecule has 1 saturated carbocycles. The summed E-state index contributed by atoms with van der Waals surface area (Å²) in [4.78, 5) is 4.31. The first-order valence-corrected chi connectivity index (χ1v) is 5.74. The molecule has 2 rings (SSSR count). The third-order valence-electron chi connectivity index (χ3n) is 2.58. The van der Waals surface area contributed by atoms with E-state index in [4.69, 9.17) is 0 Å². The Morgan fingerprint density at radius 3 is 2.64 bits per heavy atom. The van der Waals surface area contributed by atoms with Crippen molar-refractivity contribution < 1.29 is 4.39 Å². The fraction of sp³-hybridized carbons (Fsp3) is 0.545. The molecule has 1 nitrogen and oxygen atoms in total. The molecule has 14 heavy (non-hydrogen) atoms. The fourth-order valence-electron chi connectivity index (χ4n) is 1.57. The highest BCUT2D eigenvalue weighted by Gasteiger charge is 2.28. The number of hydrogen-bond acceptors (Lipinski definition) is 1. The molecule has 1 aliphatic rings. The zero-order valence-electron chi connectivity index (χ0n) is 8.35. The molecule has 3 heteroatoms. The van der Waals surface area contributed by atoms with E-state index in [9.17, 15) is 4.39 Å². The Morgan fingerprint density at radius 1 is 1.50 bits per heavy atom. The summed E-state index contributed by atoms with van der Waals surface area (Å²) in [5.41, 5.74) is 1.59. The van der Waals surface area contributed by atoms with E-state index in [-0.39, 0.29) is 11.7 Å². The number of pyridine rings is 1. The van der Waals surface area contributed by atoms with Gasteiger partial charge in [-0.3, -0.25) is 4.98 Å². The molecule has 1 aliphatic carbocycles. The average Bonchev–Trinajstić information content (AvgIpc) is 2.92. The van der Waals surface area contributed by atoms with Gasteiger partial charge in [-0.1, -0.05) is 13.8 Å². The van der Waals surface area contributed by atoms with E-state index in [1.54, 1.807) is 6.20 Å². The molecular formula is C11H13BrFN. The minimum Gasteiger partial charge on any atom is -0.259 e. The molecule has 0 amide bonds. The fourth-order valence-corrected chi connectivity index (χ4v) is 2.36. The van der Waals surface area contributed by atoms with Crippen LogP contribution in [0.25, 0.3) is 0 Å². The average molecular weight is 258 g/mol. The normalized spacial score (nSPS) is 16.4. The van der Waals surface area contributed by atoms with E-state index in [0.29, 0.717) is 10.4 Å². The zero-order chi connectivity index (χ0) is 10.3. The third kappa shape index (κ3) is 1.70. The second kappa shape index (κ2) is 3.61. The van der Waals surface area contributed by atoms with Crippen molar-refractivity contribution in [2.24, 2.45) is 0 Å². The first-order valence-electron chi connectivity index (χ1n) is 4.95. The van der Waals surface area contributed by atoms with Crippen LogP contribution in [0.5, 0.6) is 0 Å². The lowest BCUT2D eigenvalue weighted by molar-refractivity contribution is 0.592. The summed E-state index contributed by atoms with van der Waals surface area (Å²) in [5, 5.41) is 0. The molecule has 0 atom stereocenters. The molecule has 1 heterocycles. The van der Waals surface area contributed by atoms with Crippen LogP contribution in [0.1, 0.15) is 49.8 Å². The summed E-state index contributed by atoms with van der Waals surface area (Å²) >= 11 is 3.29. The van der Waals surface area contributed by atoms with Crippen molar-refractivity contribution in [3.05, 3.63) is 27.7 Å². The minimum absolute atomic E-state index is 0.105. The lowest BCUT2D eigenvalue weighted by Gasteiger charge is -2.10. The van der Waals surface area contributed by atoms with Crippen molar-refractivity contribution in [1.82, 2.24) is 4.98 Å². The highest BCUT2D eigenvalue weighted by atomic mass is 79.9. The van der Waals surface area contributed by atoms with Crippen LogP contribution in [0.2, 0.25) is 0 Å². The van der Waals surface area contributed by atoms with E-state index in [1.807, 2.05) is 13.8 Å². The molecule has 0 bridgehead atoms. The van der Waals surface area contributed by atoms with Crippen LogP contribution >= 0.6 is 15.9 Å². The molecule has 0 radical (unpaired) electrons. The van der Waals surface area contributed by atoms with E-state index in [0.717, 1.165) is 24.1 Å². The van der Waals surface area contributed by atoms with Gasteiger partial charge in [0.2, 0.25) is 0 Å². The van der Waals surface area contributed by atoms with Crippen LogP contribution in [0.4, 0.5) is 4.39 Å². The molecular weight excluding hydrogens is 245 g/mol. The smallest absolute Gasteiger partial charge is 0.144 e. The van der Waals surface area contributed by atoms with Gasteiger partial charge in [-0.05, 0) is 40.6 Å². The number of nitrogens with zero attached hydrogens (tertiary/aromatic N) is 1. The summed E-state index contributed by atoms with van der Waals surface area (Å²) in [6.07, 6.45) is 3.91. The predicted octanol–water partition coefficient (Wildman–Crippen LogP) is 3.98. The standard InChI is InChI=1S/C11H13BrFN/c1-6(2)11-9(12)10(13)8(5-14-11)7-3-4-7/h5-7H,3-4H2,1-2H3. The largest absolute Gasteiger partial charge is 0.259 e. The molecule has 76 valence electrons. The molecule has 0 aromatic carbocycles. The predicted molar refractivity (Wildman–Crippen MR) is 58.0 cm³/mol. The van der Waals surface area contributed by atoms with Gasteiger partial charge >= 0.3 is 0 Å². The van der Waals surface area contributed by atoms with Gasteiger partial charge in [-0.2, -0.15) is 0 Å². The van der Waals surface area contributed by atoms with Gasteiger partial charge in [0.25, 0.3) is 0 Å².